The van der Waals surface area contributed by atoms with Crippen molar-refractivity contribution in [2.75, 3.05) is 0 Å². The lowest BCUT2D eigenvalue weighted by Gasteiger charge is -1.51. The van der Waals surface area contributed by atoms with Crippen molar-refractivity contribution in [2.45, 2.75) is 19.6 Å². The van der Waals surface area contributed by atoms with Gasteiger partial charge in [-0.25, -0.2) is 0 Å². The molecule has 0 atom stereocenters. The van der Waals surface area contributed by atoms with Gasteiger partial charge in [0.2, 0.25) is 0 Å². The van der Waals surface area contributed by atoms with Crippen LogP contribution in [-0.4, -0.2) is 18.1 Å². The van der Waals surface area contributed by atoms with Crippen LogP contribution in [0.1, 0.15) is 0 Å². The number of rotatable bonds is 0. The summed E-state index contributed by atoms with van der Waals surface area (Å²) in [5.41, 5.74) is 0. The topological polar surface area (TPSA) is 34.1 Å². The summed E-state index contributed by atoms with van der Waals surface area (Å²) >= 11 is 0. The van der Waals surface area contributed by atoms with Gasteiger partial charge in [-0.15, -0.1) is 0 Å². The zero-order chi connectivity index (χ0) is 6.28. The van der Waals surface area contributed by atoms with Crippen molar-refractivity contribution >= 4 is 18.1 Å². The van der Waals surface area contributed by atoms with Gasteiger partial charge in [0, 0.05) is 0 Å². The molecule has 0 bridgehead atoms. The molecule has 0 fully saturated rings. The summed E-state index contributed by atoms with van der Waals surface area (Å²) in [5.74, 6) is 0. The molecule has 0 aliphatic heterocycles. The Hall–Kier alpha value is 0.0338. The summed E-state index contributed by atoms with van der Waals surface area (Å²) in [6, 6.07) is 0. The average molecular weight is 134 g/mol. The van der Waals surface area contributed by atoms with Gasteiger partial charge in [0.15, 0.2) is 0 Å². The Kier molecular flexibility index (Phi) is 13.6. The highest BCUT2D eigenvalue weighted by Crippen LogP contribution is 1.49. The van der Waals surface area contributed by atoms with Gasteiger partial charge >= 0.3 is 0 Å². The van der Waals surface area contributed by atoms with Crippen LogP contribution in [0, 0.1) is 0 Å². The molecule has 0 aromatic heterocycles. The lowest BCUT2D eigenvalue weighted by molar-refractivity contribution is 0.569. The third-order valence-electron chi connectivity index (χ3n) is 0. The normalized spacial score (nSPS) is 5.57. The van der Waals surface area contributed by atoms with Gasteiger partial charge in [-0.3, -0.25) is 0 Å². The molecule has 0 heterocycles. The SMILES string of the molecule is C[SiH]=O.C[Si](C)=O. The van der Waals surface area contributed by atoms with Gasteiger partial charge in [0.25, 0.3) is 18.1 Å². The second-order valence-electron chi connectivity index (χ2n) is 1.14. The van der Waals surface area contributed by atoms with Crippen molar-refractivity contribution < 1.29 is 8.92 Å². The Balaban J connectivity index is 0. The van der Waals surface area contributed by atoms with Crippen LogP contribution in [0.4, 0.5) is 0 Å². The second kappa shape index (κ2) is 9.40. The van der Waals surface area contributed by atoms with Crippen LogP contribution in [0.3, 0.4) is 0 Å². The van der Waals surface area contributed by atoms with Gasteiger partial charge in [0.1, 0.15) is 0 Å². The van der Waals surface area contributed by atoms with E-state index in [0.29, 0.717) is 0 Å². The minimum atomic E-state index is -1.13. The van der Waals surface area contributed by atoms with Crippen LogP contribution in [0.15, 0.2) is 0 Å². The molecule has 4 heteroatoms. The van der Waals surface area contributed by atoms with Gasteiger partial charge in [-0.2, -0.15) is 0 Å². The van der Waals surface area contributed by atoms with Crippen LogP contribution in [0.25, 0.3) is 0 Å². The molecule has 0 aromatic rings. The smallest absolute Gasteiger partial charge is 0.270 e. The van der Waals surface area contributed by atoms with Crippen molar-refractivity contribution in [2.24, 2.45) is 0 Å². The molecule has 2 nitrogen and oxygen atoms in total. The molecular formula is C3H10O2Si2. The molecule has 0 saturated carbocycles. The van der Waals surface area contributed by atoms with Crippen LogP contribution < -0.4 is 0 Å². The van der Waals surface area contributed by atoms with Crippen LogP contribution in [0.2, 0.25) is 19.6 Å². The minimum absolute atomic E-state index is 0.500. The monoisotopic (exact) mass is 134 g/mol. The van der Waals surface area contributed by atoms with E-state index < -0.39 is 18.1 Å². The van der Waals surface area contributed by atoms with E-state index in [-0.39, 0.29) is 0 Å². The van der Waals surface area contributed by atoms with E-state index in [9.17, 15) is 4.46 Å². The van der Waals surface area contributed by atoms with Crippen molar-refractivity contribution in [3.8, 4) is 0 Å². The largest absolute Gasteiger partial charge is 0.392 e. The van der Waals surface area contributed by atoms with E-state index in [0.717, 1.165) is 0 Å². The van der Waals surface area contributed by atoms with E-state index in [1.54, 1.807) is 19.6 Å². The third kappa shape index (κ3) is 86100. The Morgan fingerprint density at radius 2 is 1.43 bits per heavy atom. The first-order valence-corrected chi connectivity index (χ1v) is 6.05. The van der Waals surface area contributed by atoms with Crippen molar-refractivity contribution in [1.29, 1.82) is 0 Å². The first-order chi connectivity index (χ1) is 3.15. The van der Waals surface area contributed by atoms with Crippen molar-refractivity contribution in [3.05, 3.63) is 0 Å². The molecule has 0 spiro atoms. The first kappa shape index (κ1) is 10.1. The Bertz CT molecular complexity index is 58.0. The molecule has 7 heavy (non-hydrogen) atoms. The predicted molar refractivity (Wildman–Crippen MR) is 31.9 cm³/mol. The zero-order valence-electron chi connectivity index (χ0n) is 4.89. The van der Waals surface area contributed by atoms with Crippen LogP contribution in [-0.2, 0) is 8.92 Å². The van der Waals surface area contributed by atoms with E-state index in [1.807, 2.05) is 0 Å². The maximum atomic E-state index is 9.63. The minimum Gasteiger partial charge on any atom is -0.392 e. The lowest BCUT2D eigenvalue weighted by atomic mass is 11.9. The Labute approximate surface area is 47.5 Å². The summed E-state index contributed by atoms with van der Waals surface area (Å²) in [7, 11) is -1.63. The van der Waals surface area contributed by atoms with Crippen molar-refractivity contribution in [3.63, 3.8) is 0 Å². The molecule has 0 saturated heterocycles. The third-order valence-corrected chi connectivity index (χ3v) is 0. The van der Waals surface area contributed by atoms with E-state index >= 15 is 0 Å². The fraction of sp³-hybridized carbons (Fsp3) is 1.00. The molecular weight excluding hydrogens is 124 g/mol. The highest BCUT2D eigenvalue weighted by Gasteiger charge is 1.68. The summed E-state index contributed by atoms with van der Waals surface area (Å²) in [6.45, 7) is 5.08. The molecule has 0 aromatic carbocycles. The van der Waals surface area contributed by atoms with Crippen molar-refractivity contribution in [1.82, 2.24) is 0 Å². The maximum Gasteiger partial charge on any atom is 0.270 e. The highest BCUT2D eigenvalue weighted by atomic mass is 28.3. The molecule has 0 rings (SSSR count). The summed E-state index contributed by atoms with van der Waals surface area (Å²) in [6.07, 6.45) is 0. The first-order valence-electron chi connectivity index (χ1n) is 2.02. The number of hydrogen-bond donors (Lipinski definition) is 0. The highest BCUT2D eigenvalue weighted by molar-refractivity contribution is 6.38. The quantitative estimate of drug-likeness (QED) is 0.452. The fourth-order valence-electron chi connectivity index (χ4n) is 0. The molecule has 0 aliphatic carbocycles. The Morgan fingerprint density at radius 1 is 1.43 bits per heavy atom. The summed E-state index contributed by atoms with van der Waals surface area (Å²) < 4.78 is 18.6. The van der Waals surface area contributed by atoms with E-state index in [2.05, 4.69) is 0 Å². The van der Waals surface area contributed by atoms with Gasteiger partial charge in [0.05, 0.1) is 0 Å². The molecule has 0 amide bonds. The maximum absolute atomic E-state index is 9.63. The number of hydrogen-bond acceptors (Lipinski definition) is 2. The fourth-order valence-corrected chi connectivity index (χ4v) is 0. The standard InChI is InChI=1S/C2H6OSi.CH4OSi/c1-4(2)3;1-3-2/h1-2H3;3H,1H3. The summed E-state index contributed by atoms with van der Waals surface area (Å²) in [5, 5.41) is 0. The molecule has 0 radical (unpaired) electrons. The predicted octanol–water partition coefficient (Wildman–Crippen LogP) is 0.484. The van der Waals surface area contributed by atoms with Gasteiger partial charge in [-0.1, -0.05) is 0 Å². The molecule has 0 unspecified atom stereocenters. The van der Waals surface area contributed by atoms with E-state index in [4.69, 9.17) is 4.46 Å². The molecule has 0 N–H and O–H groups in total. The summed E-state index contributed by atoms with van der Waals surface area (Å²) in [4.78, 5) is 0. The van der Waals surface area contributed by atoms with Crippen LogP contribution in [0.5, 0.6) is 0 Å². The Morgan fingerprint density at radius 3 is 1.43 bits per heavy atom. The zero-order valence-corrected chi connectivity index (χ0v) is 7.05. The molecule has 0 aliphatic rings. The molecule has 42 valence electrons. The van der Waals surface area contributed by atoms with Gasteiger partial charge in [-0.05, 0) is 19.6 Å². The second-order valence-corrected chi connectivity index (χ2v) is 3.43. The van der Waals surface area contributed by atoms with Gasteiger partial charge < -0.3 is 8.92 Å². The lowest BCUT2D eigenvalue weighted by Crippen LogP contribution is -1.72. The average Bonchev–Trinajstić information content (AvgIpc) is 1.33. The van der Waals surface area contributed by atoms with E-state index in [1.165, 1.54) is 0 Å². The van der Waals surface area contributed by atoms with Crippen LogP contribution >= 0.6 is 0 Å².